The molecule has 0 aliphatic carbocycles. The summed E-state index contributed by atoms with van der Waals surface area (Å²) in [5, 5.41) is 0. The van der Waals surface area contributed by atoms with Crippen LogP contribution in [-0.2, 0) is 0 Å². The van der Waals surface area contributed by atoms with Crippen molar-refractivity contribution in [2.45, 2.75) is 6.92 Å². The summed E-state index contributed by atoms with van der Waals surface area (Å²) in [7, 11) is 0. The molecule has 1 aromatic carbocycles. The van der Waals surface area contributed by atoms with Crippen molar-refractivity contribution in [3.8, 4) is 11.3 Å². The zero-order valence-corrected chi connectivity index (χ0v) is 8.07. The number of benzene rings is 1. The number of para-hydroxylation sites is 1. The minimum atomic E-state index is 0.773. The Bertz CT molecular complexity index is 406. The Kier molecular flexibility index (Phi) is 2.19. The summed E-state index contributed by atoms with van der Waals surface area (Å²) >= 11 is 0. The maximum atomic E-state index is 5.88. The van der Waals surface area contributed by atoms with Crippen molar-refractivity contribution in [1.29, 1.82) is 0 Å². The van der Waals surface area contributed by atoms with Gasteiger partial charge in [-0.2, -0.15) is 0 Å². The second-order valence-corrected chi connectivity index (χ2v) is 3.26. The first kappa shape index (κ1) is 8.75. The van der Waals surface area contributed by atoms with E-state index < -0.39 is 0 Å². The van der Waals surface area contributed by atoms with Gasteiger partial charge in [0, 0.05) is 17.4 Å². The fourth-order valence-corrected chi connectivity index (χ4v) is 1.48. The molecule has 0 saturated carbocycles. The van der Waals surface area contributed by atoms with Crippen LogP contribution in [-0.4, -0.2) is 4.98 Å². The molecule has 70 valence electrons. The van der Waals surface area contributed by atoms with Crippen molar-refractivity contribution < 1.29 is 0 Å². The quantitative estimate of drug-likeness (QED) is 0.692. The fourth-order valence-electron chi connectivity index (χ4n) is 1.48. The fraction of sp³-hybridized carbons (Fsp3) is 0.0833. The molecule has 2 nitrogen and oxygen atoms in total. The number of nitrogens with two attached hydrogens (primary N) is 1. The Balaban J connectivity index is 2.61. The number of aryl methyl sites for hydroxylation is 1. The number of hydrogen-bond acceptors (Lipinski definition) is 2. The molecule has 0 unspecified atom stereocenters. The molecule has 0 amide bonds. The summed E-state index contributed by atoms with van der Waals surface area (Å²) in [6, 6.07) is 11.7. The van der Waals surface area contributed by atoms with Crippen LogP contribution in [0.15, 0.2) is 42.6 Å². The van der Waals surface area contributed by atoms with Gasteiger partial charge in [0.15, 0.2) is 0 Å². The lowest BCUT2D eigenvalue weighted by Crippen LogP contribution is -1.93. The molecule has 0 fully saturated rings. The van der Waals surface area contributed by atoms with E-state index in [1.165, 1.54) is 0 Å². The summed E-state index contributed by atoms with van der Waals surface area (Å²) in [6.07, 6.45) is 1.79. The third kappa shape index (κ3) is 1.46. The molecular weight excluding hydrogens is 172 g/mol. The Morgan fingerprint density at radius 1 is 1.07 bits per heavy atom. The molecule has 2 N–H and O–H groups in total. The van der Waals surface area contributed by atoms with E-state index in [1.54, 1.807) is 6.20 Å². The lowest BCUT2D eigenvalue weighted by atomic mass is 10.1. The van der Waals surface area contributed by atoms with E-state index in [0.717, 1.165) is 22.5 Å². The zero-order chi connectivity index (χ0) is 9.97. The molecule has 0 spiro atoms. The Morgan fingerprint density at radius 2 is 1.86 bits per heavy atom. The number of rotatable bonds is 1. The average Bonchev–Trinajstić information content (AvgIpc) is 2.20. The van der Waals surface area contributed by atoms with Crippen molar-refractivity contribution in [1.82, 2.24) is 4.98 Å². The van der Waals surface area contributed by atoms with Crippen LogP contribution < -0.4 is 5.73 Å². The van der Waals surface area contributed by atoms with E-state index in [9.17, 15) is 0 Å². The lowest BCUT2D eigenvalue weighted by molar-refractivity contribution is 1.27. The highest BCUT2D eigenvalue weighted by atomic mass is 14.7. The van der Waals surface area contributed by atoms with E-state index in [0.29, 0.717) is 0 Å². The van der Waals surface area contributed by atoms with Crippen molar-refractivity contribution in [3.05, 3.63) is 48.2 Å². The molecule has 0 aliphatic heterocycles. The maximum absolute atomic E-state index is 5.88. The van der Waals surface area contributed by atoms with Gasteiger partial charge in [-0.15, -0.1) is 0 Å². The first-order valence-electron chi connectivity index (χ1n) is 4.55. The van der Waals surface area contributed by atoms with Crippen LogP contribution in [0, 0.1) is 6.92 Å². The highest BCUT2D eigenvalue weighted by molar-refractivity contribution is 5.75. The second-order valence-electron chi connectivity index (χ2n) is 3.26. The molecule has 0 saturated heterocycles. The second kappa shape index (κ2) is 3.50. The van der Waals surface area contributed by atoms with Crippen LogP contribution in [0.5, 0.6) is 0 Å². The van der Waals surface area contributed by atoms with Gasteiger partial charge < -0.3 is 5.73 Å². The molecule has 0 radical (unpaired) electrons. The van der Waals surface area contributed by atoms with Gasteiger partial charge in [-0.1, -0.05) is 24.3 Å². The third-order valence-electron chi connectivity index (χ3n) is 2.23. The van der Waals surface area contributed by atoms with E-state index >= 15 is 0 Å². The molecule has 1 heterocycles. The van der Waals surface area contributed by atoms with Gasteiger partial charge in [-0.05, 0) is 24.6 Å². The molecule has 0 aliphatic rings. The summed E-state index contributed by atoms with van der Waals surface area (Å²) in [5.74, 6) is 0. The molecule has 2 heteroatoms. The number of pyridine rings is 1. The lowest BCUT2D eigenvalue weighted by Gasteiger charge is -2.06. The number of nitrogens with zero attached hydrogens (tertiary/aromatic N) is 1. The molecule has 1 aromatic heterocycles. The van der Waals surface area contributed by atoms with Crippen LogP contribution in [0.3, 0.4) is 0 Å². The minimum Gasteiger partial charge on any atom is -0.398 e. The van der Waals surface area contributed by atoms with E-state index in [4.69, 9.17) is 5.73 Å². The van der Waals surface area contributed by atoms with Crippen molar-refractivity contribution >= 4 is 5.69 Å². The first-order chi connectivity index (χ1) is 6.79. The van der Waals surface area contributed by atoms with Gasteiger partial charge in [-0.3, -0.25) is 4.98 Å². The largest absolute Gasteiger partial charge is 0.398 e. The monoisotopic (exact) mass is 184 g/mol. The number of nitrogen functional groups attached to an aromatic ring is 1. The Labute approximate surface area is 83.4 Å². The predicted octanol–water partition coefficient (Wildman–Crippen LogP) is 2.64. The van der Waals surface area contributed by atoms with Crippen molar-refractivity contribution in [3.63, 3.8) is 0 Å². The highest BCUT2D eigenvalue weighted by Gasteiger charge is 2.04. The van der Waals surface area contributed by atoms with Crippen LogP contribution in [0.2, 0.25) is 0 Å². The Morgan fingerprint density at radius 3 is 2.57 bits per heavy atom. The van der Waals surface area contributed by atoms with Gasteiger partial charge in [0.1, 0.15) is 0 Å². The van der Waals surface area contributed by atoms with E-state index in [2.05, 4.69) is 4.98 Å². The van der Waals surface area contributed by atoms with Gasteiger partial charge in [0.25, 0.3) is 0 Å². The van der Waals surface area contributed by atoms with Crippen LogP contribution in [0.25, 0.3) is 11.3 Å². The predicted molar refractivity (Wildman–Crippen MR) is 58.8 cm³/mol. The molecule has 2 aromatic rings. The van der Waals surface area contributed by atoms with Crippen LogP contribution >= 0.6 is 0 Å². The molecule has 2 rings (SSSR count). The summed E-state index contributed by atoms with van der Waals surface area (Å²) in [4.78, 5) is 4.33. The molecule has 14 heavy (non-hydrogen) atoms. The SMILES string of the molecule is Cc1cccnc1-c1ccccc1N. The van der Waals surface area contributed by atoms with Gasteiger partial charge in [0.05, 0.1) is 5.69 Å². The minimum absolute atomic E-state index is 0.773. The third-order valence-corrected chi connectivity index (χ3v) is 2.23. The van der Waals surface area contributed by atoms with Crippen LogP contribution in [0.4, 0.5) is 5.69 Å². The molecule has 0 bridgehead atoms. The number of aromatic nitrogens is 1. The zero-order valence-electron chi connectivity index (χ0n) is 8.07. The van der Waals surface area contributed by atoms with E-state index in [-0.39, 0.29) is 0 Å². The van der Waals surface area contributed by atoms with Crippen LogP contribution in [0.1, 0.15) is 5.56 Å². The van der Waals surface area contributed by atoms with Crippen molar-refractivity contribution in [2.75, 3.05) is 5.73 Å². The number of anilines is 1. The number of hydrogen-bond donors (Lipinski definition) is 1. The standard InChI is InChI=1S/C12H12N2/c1-9-5-4-8-14-12(9)10-6-2-3-7-11(10)13/h2-8H,13H2,1H3. The summed E-state index contributed by atoms with van der Waals surface area (Å²) in [6.45, 7) is 2.04. The molecule has 0 atom stereocenters. The van der Waals surface area contributed by atoms with Gasteiger partial charge >= 0.3 is 0 Å². The highest BCUT2D eigenvalue weighted by Crippen LogP contribution is 2.25. The summed E-state index contributed by atoms with van der Waals surface area (Å²) < 4.78 is 0. The molecular formula is C12H12N2. The van der Waals surface area contributed by atoms with Gasteiger partial charge in [-0.25, -0.2) is 0 Å². The normalized spacial score (nSPS) is 10.1. The topological polar surface area (TPSA) is 38.9 Å². The maximum Gasteiger partial charge on any atom is 0.0751 e. The summed E-state index contributed by atoms with van der Waals surface area (Å²) in [5.41, 5.74) is 9.77. The van der Waals surface area contributed by atoms with Crippen molar-refractivity contribution in [2.24, 2.45) is 0 Å². The smallest absolute Gasteiger partial charge is 0.0751 e. The first-order valence-corrected chi connectivity index (χ1v) is 4.55. The van der Waals surface area contributed by atoms with E-state index in [1.807, 2.05) is 43.3 Å². The average molecular weight is 184 g/mol. The Hall–Kier alpha value is -1.83. The van der Waals surface area contributed by atoms with Gasteiger partial charge in [0.2, 0.25) is 0 Å².